The molecule has 0 spiro atoms. The van der Waals surface area contributed by atoms with Crippen LogP contribution < -0.4 is 0 Å². The molecule has 1 heterocycles. The predicted octanol–water partition coefficient (Wildman–Crippen LogP) is 20.2. The number of benzene rings is 6. The van der Waals surface area contributed by atoms with Crippen molar-refractivity contribution in [2.24, 2.45) is 0 Å². The van der Waals surface area contributed by atoms with Crippen molar-refractivity contribution in [2.45, 2.75) is 174 Å². The second kappa shape index (κ2) is 24.3. The van der Waals surface area contributed by atoms with E-state index >= 15 is 0 Å². The minimum Gasteiger partial charge on any atom is -0.256 e. The lowest BCUT2D eigenvalue weighted by atomic mass is 9.70. The molecular weight excluding hydrogens is 831 g/mol. The molecule has 69 heavy (non-hydrogen) atoms. The van der Waals surface area contributed by atoms with Gasteiger partial charge in [0.05, 0.1) is 5.69 Å². The summed E-state index contributed by atoms with van der Waals surface area (Å²) in [6, 6.07) is 57.7. The van der Waals surface area contributed by atoms with Gasteiger partial charge in [0.1, 0.15) is 0 Å². The molecule has 1 aliphatic carbocycles. The van der Waals surface area contributed by atoms with Crippen LogP contribution in [-0.4, -0.2) is 4.98 Å². The summed E-state index contributed by atoms with van der Waals surface area (Å²) < 4.78 is 0. The van der Waals surface area contributed by atoms with Crippen LogP contribution in [0.2, 0.25) is 0 Å². The number of aromatic nitrogens is 1. The molecule has 0 saturated heterocycles. The normalized spacial score (nSPS) is 12.8. The highest BCUT2D eigenvalue weighted by atomic mass is 14.7. The van der Waals surface area contributed by atoms with Crippen LogP contribution in [-0.2, 0) is 23.7 Å². The maximum Gasteiger partial charge on any atom is 0.0702 e. The Morgan fingerprint density at radius 3 is 1.57 bits per heavy atom. The number of hydrogen-bond donors (Lipinski definition) is 0. The average Bonchev–Trinajstić information content (AvgIpc) is 3.65. The molecule has 0 amide bonds. The molecule has 1 aromatic heterocycles. The summed E-state index contributed by atoms with van der Waals surface area (Å²) in [5.74, 6) is 0. The first-order valence-electron chi connectivity index (χ1n) is 27.4. The Morgan fingerprint density at radius 1 is 0.377 bits per heavy atom. The second-order valence-corrected chi connectivity index (χ2v) is 21.6. The van der Waals surface area contributed by atoms with Gasteiger partial charge in [-0.15, -0.1) is 0 Å². The summed E-state index contributed by atoms with van der Waals surface area (Å²) in [6.07, 6.45) is 27.9. The van der Waals surface area contributed by atoms with Gasteiger partial charge < -0.3 is 0 Å². The number of pyridine rings is 1. The van der Waals surface area contributed by atoms with Crippen LogP contribution >= 0.6 is 0 Å². The minimum absolute atomic E-state index is 0.00881. The van der Waals surface area contributed by atoms with Gasteiger partial charge in [0.2, 0.25) is 0 Å². The van der Waals surface area contributed by atoms with Crippen LogP contribution in [0.5, 0.6) is 0 Å². The van der Waals surface area contributed by atoms with Gasteiger partial charge in [-0.3, -0.25) is 4.98 Å². The molecule has 0 bridgehead atoms. The van der Waals surface area contributed by atoms with E-state index in [-0.39, 0.29) is 10.8 Å². The van der Waals surface area contributed by atoms with Gasteiger partial charge in [-0.05, 0) is 135 Å². The van der Waals surface area contributed by atoms with Gasteiger partial charge in [-0.2, -0.15) is 0 Å². The summed E-state index contributed by atoms with van der Waals surface area (Å²) in [5.41, 5.74) is 20.0. The zero-order valence-corrected chi connectivity index (χ0v) is 43.1. The minimum atomic E-state index is -0.00881. The molecule has 1 heteroatoms. The van der Waals surface area contributed by atoms with E-state index < -0.39 is 0 Å². The van der Waals surface area contributed by atoms with Crippen LogP contribution in [0.1, 0.15) is 178 Å². The lowest BCUT2D eigenvalue weighted by Crippen LogP contribution is -2.25. The Hall–Kier alpha value is -5.53. The summed E-state index contributed by atoms with van der Waals surface area (Å²) in [6.45, 7) is 11.6. The number of fused-ring (bicyclic) bond motifs is 3. The highest BCUT2D eigenvalue weighted by Gasteiger charge is 2.42. The van der Waals surface area contributed by atoms with Crippen LogP contribution in [0.3, 0.4) is 0 Å². The molecule has 0 fully saturated rings. The fourth-order valence-corrected chi connectivity index (χ4v) is 11.3. The molecule has 1 nitrogen and oxygen atoms in total. The first-order valence-corrected chi connectivity index (χ1v) is 27.4. The number of nitrogens with zero attached hydrogens (tertiary/aromatic N) is 1. The third kappa shape index (κ3) is 12.8. The number of hydrogen-bond acceptors (Lipinski definition) is 1. The van der Waals surface area contributed by atoms with E-state index in [1.807, 2.05) is 0 Å². The molecule has 8 rings (SSSR count). The van der Waals surface area contributed by atoms with E-state index in [9.17, 15) is 0 Å². The molecule has 0 atom stereocenters. The van der Waals surface area contributed by atoms with Crippen molar-refractivity contribution in [3.05, 3.63) is 186 Å². The van der Waals surface area contributed by atoms with E-state index in [1.54, 1.807) is 5.56 Å². The van der Waals surface area contributed by atoms with Crippen molar-refractivity contribution in [1.29, 1.82) is 0 Å². The smallest absolute Gasteiger partial charge is 0.0702 e. The zero-order valence-electron chi connectivity index (χ0n) is 43.1. The predicted molar refractivity (Wildman–Crippen MR) is 299 cm³/mol. The Balaban J connectivity index is 1.02. The van der Waals surface area contributed by atoms with Crippen molar-refractivity contribution in [1.82, 2.24) is 4.98 Å². The van der Waals surface area contributed by atoms with Gasteiger partial charge >= 0.3 is 0 Å². The molecule has 0 saturated carbocycles. The molecule has 0 N–H and O–H groups in total. The fourth-order valence-electron chi connectivity index (χ4n) is 11.3. The largest absolute Gasteiger partial charge is 0.256 e. The molecule has 6 aromatic carbocycles. The van der Waals surface area contributed by atoms with Gasteiger partial charge in [0.25, 0.3) is 0 Å². The van der Waals surface area contributed by atoms with E-state index in [0.717, 1.165) is 17.7 Å². The molecule has 7 aromatic rings. The SMILES string of the molecule is CCCCCCCCC1(CCCCCCCC)c2ccccc2-c2ccc(-c3ccc(-c4cc(-c5cccc(-c6cccc(CCCCCCc7ccccc7)c6)c5)cc(C(C)(C)C)c4)cn3)cc21. The Kier molecular flexibility index (Phi) is 17.6. The maximum absolute atomic E-state index is 5.26. The summed E-state index contributed by atoms with van der Waals surface area (Å²) in [4.78, 5) is 5.26. The maximum atomic E-state index is 5.26. The highest BCUT2D eigenvalue weighted by Crippen LogP contribution is 2.55. The quantitative estimate of drug-likeness (QED) is 0.0521. The van der Waals surface area contributed by atoms with Crippen molar-refractivity contribution < 1.29 is 0 Å². The first kappa shape index (κ1) is 49.9. The zero-order chi connectivity index (χ0) is 47.9. The van der Waals surface area contributed by atoms with Crippen molar-refractivity contribution >= 4 is 0 Å². The third-order valence-corrected chi connectivity index (χ3v) is 15.4. The molecule has 0 aliphatic heterocycles. The van der Waals surface area contributed by atoms with Gasteiger partial charge in [-0.25, -0.2) is 0 Å². The van der Waals surface area contributed by atoms with E-state index in [1.165, 1.54) is 189 Å². The van der Waals surface area contributed by atoms with E-state index in [4.69, 9.17) is 4.98 Å². The van der Waals surface area contributed by atoms with Gasteiger partial charge in [-0.1, -0.05) is 252 Å². The Labute approximate surface area is 418 Å². The average molecular weight is 912 g/mol. The van der Waals surface area contributed by atoms with Gasteiger partial charge in [0, 0.05) is 22.7 Å². The molecular formula is C68H81N. The molecule has 0 unspecified atom stereocenters. The number of unbranched alkanes of at least 4 members (excludes halogenated alkanes) is 13. The summed E-state index contributed by atoms with van der Waals surface area (Å²) in [5, 5.41) is 0. The van der Waals surface area contributed by atoms with Crippen LogP contribution in [0.4, 0.5) is 0 Å². The molecule has 358 valence electrons. The number of aryl methyl sites for hydroxylation is 2. The monoisotopic (exact) mass is 912 g/mol. The Bertz CT molecular complexity index is 2660. The fraction of sp³-hybridized carbons (Fsp3) is 0.397. The van der Waals surface area contributed by atoms with Crippen LogP contribution in [0, 0.1) is 0 Å². The first-order chi connectivity index (χ1) is 33.8. The highest BCUT2D eigenvalue weighted by molar-refractivity contribution is 5.84. The Morgan fingerprint density at radius 2 is 0.899 bits per heavy atom. The van der Waals surface area contributed by atoms with Crippen molar-refractivity contribution in [3.63, 3.8) is 0 Å². The topological polar surface area (TPSA) is 12.9 Å². The lowest BCUT2D eigenvalue weighted by Gasteiger charge is -2.33. The van der Waals surface area contributed by atoms with E-state index in [0.29, 0.717) is 0 Å². The number of rotatable bonds is 25. The van der Waals surface area contributed by atoms with Gasteiger partial charge in [0.15, 0.2) is 0 Å². The second-order valence-electron chi connectivity index (χ2n) is 21.6. The third-order valence-electron chi connectivity index (χ3n) is 15.4. The standard InChI is InChI=1S/C68H81N/c1-6-8-10-12-16-25-43-68(44-26-17-13-11-9-7-2)64-38-24-23-37-62(64)63-41-39-57(50-65(63)68)66-42-40-58(51-69-66)60-47-59(48-61(49-60)67(3,4)5)56-36-28-35-55(46-56)54-34-27-33-53(45-54)32-20-15-14-19-29-52-30-21-18-22-31-52/h18,21-24,27-28,30-31,33-42,45-51H,6-17,19-20,25-26,29,32,43-44H2,1-5H3. The lowest BCUT2D eigenvalue weighted by molar-refractivity contribution is 0.398. The van der Waals surface area contributed by atoms with Crippen LogP contribution in [0.15, 0.2) is 158 Å². The molecule has 1 aliphatic rings. The summed E-state index contributed by atoms with van der Waals surface area (Å²) >= 11 is 0. The molecule has 0 radical (unpaired) electrons. The van der Waals surface area contributed by atoms with Crippen molar-refractivity contribution in [2.75, 3.05) is 0 Å². The van der Waals surface area contributed by atoms with Crippen LogP contribution in [0.25, 0.3) is 55.8 Å². The summed E-state index contributed by atoms with van der Waals surface area (Å²) in [7, 11) is 0. The van der Waals surface area contributed by atoms with E-state index in [2.05, 4.69) is 192 Å². The van der Waals surface area contributed by atoms with Crippen molar-refractivity contribution in [3.8, 4) is 55.8 Å².